The SMILES string of the molecule is Cc1ccc2nc(N)n(-c3ccc(Br)cc3C)c2n1. The Kier molecular flexibility index (Phi) is 2.78. The van der Waals surface area contributed by atoms with Crippen molar-refractivity contribution in [1.29, 1.82) is 0 Å². The zero-order valence-corrected chi connectivity index (χ0v) is 12.3. The Bertz CT molecular complexity index is 776. The first kappa shape index (κ1) is 12.2. The van der Waals surface area contributed by atoms with Crippen molar-refractivity contribution in [2.75, 3.05) is 5.73 Å². The van der Waals surface area contributed by atoms with Crippen molar-refractivity contribution in [1.82, 2.24) is 14.5 Å². The molecule has 0 bridgehead atoms. The summed E-state index contributed by atoms with van der Waals surface area (Å²) < 4.78 is 2.94. The Morgan fingerprint density at radius 1 is 1.11 bits per heavy atom. The van der Waals surface area contributed by atoms with Gasteiger partial charge in [-0.2, -0.15) is 0 Å². The molecule has 0 saturated heterocycles. The Morgan fingerprint density at radius 2 is 1.89 bits per heavy atom. The second-order valence-corrected chi connectivity index (χ2v) is 5.45. The summed E-state index contributed by atoms with van der Waals surface area (Å²) in [5.41, 5.74) is 10.7. The largest absolute Gasteiger partial charge is 0.369 e. The van der Waals surface area contributed by atoms with Crippen LogP contribution in [-0.2, 0) is 0 Å². The van der Waals surface area contributed by atoms with Crippen LogP contribution in [0.3, 0.4) is 0 Å². The van der Waals surface area contributed by atoms with Gasteiger partial charge in [-0.1, -0.05) is 15.9 Å². The first-order valence-electron chi connectivity index (χ1n) is 5.94. The van der Waals surface area contributed by atoms with Gasteiger partial charge in [-0.3, -0.25) is 4.57 Å². The maximum absolute atomic E-state index is 6.04. The fourth-order valence-corrected chi connectivity index (χ4v) is 2.65. The lowest BCUT2D eigenvalue weighted by molar-refractivity contribution is 1.06. The number of aryl methyl sites for hydroxylation is 2. The zero-order valence-electron chi connectivity index (χ0n) is 10.7. The van der Waals surface area contributed by atoms with Gasteiger partial charge in [0.05, 0.1) is 5.69 Å². The number of rotatable bonds is 1. The Balaban J connectivity index is 2.35. The first-order valence-corrected chi connectivity index (χ1v) is 6.73. The molecule has 0 spiro atoms. The Morgan fingerprint density at radius 3 is 2.63 bits per heavy atom. The average Bonchev–Trinajstić information content (AvgIpc) is 2.65. The van der Waals surface area contributed by atoms with Gasteiger partial charge in [0.1, 0.15) is 5.52 Å². The van der Waals surface area contributed by atoms with Crippen LogP contribution in [0.4, 0.5) is 5.95 Å². The Hall–Kier alpha value is -1.88. The Labute approximate surface area is 119 Å². The van der Waals surface area contributed by atoms with E-state index in [4.69, 9.17) is 5.73 Å². The van der Waals surface area contributed by atoms with Crippen molar-refractivity contribution < 1.29 is 0 Å². The predicted molar refractivity (Wildman–Crippen MR) is 80.5 cm³/mol. The number of aromatic nitrogens is 3. The number of anilines is 1. The molecule has 2 heterocycles. The molecule has 0 aliphatic carbocycles. The summed E-state index contributed by atoms with van der Waals surface area (Å²) in [7, 11) is 0. The fourth-order valence-electron chi connectivity index (χ4n) is 2.18. The minimum absolute atomic E-state index is 0.457. The van der Waals surface area contributed by atoms with Gasteiger partial charge >= 0.3 is 0 Å². The smallest absolute Gasteiger partial charge is 0.207 e. The van der Waals surface area contributed by atoms with Gasteiger partial charge in [0.2, 0.25) is 5.95 Å². The number of nitrogens with zero attached hydrogens (tertiary/aromatic N) is 3. The van der Waals surface area contributed by atoms with Crippen LogP contribution in [0.15, 0.2) is 34.8 Å². The fraction of sp³-hybridized carbons (Fsp3) is 0.143. The molecule has 2 aromatic heterocycles. The number of imidazole rings is 1. The molecule has 19 heavy (non-hydrogen) atoms. The third-order valence-corrected chi connectivity index (χ3v) is 3.56. The third kappa shape index (κ3) is 2.00. The van der Waals surface area contributed by atoms with Crippen LogP contribution in [0.2, 0.25) is 0 Å². The molecule has 3 aromatic rings. The molecule has 1 aromatic carbocycles. The summed E-state index contributed by atoms with van der Waals surface area (Å²) in [6.07, 6.45) is 0. The van der Waals surface area contributed by atoms with Gasteiger partial charge in [-0.15, -0.1) is 0 Å². The monoisotopic (exact) mass is 316 g/mol. The van der Waals surface area contributed by atoms with Gasteiger partial charge in [0, 0.05) is 10.2 Å². The minimum atomic E-state index is 0.457. The van der Waals surface area contributed by atoms with Crippen LogP contribution in [0.25, 0.3) is 16.9 Å². The number of nitrogens with two attached hydrogens (primary N) is 1. The number of fused-ring (bicyclic) bond motifs is 1. The lowest BCUT2D eigenvalue weighted by Gasteiger charge is -2.09. The van der Waals surface area contributed by atoms with E-state index in [1.807, 2.05) is 42.7 Å². The molecule has 0 aliphatic heterocycles. The summed E-state index contributed by atoms with van der Waals surface area (Å²) in [5, 5.41) is 0. The number of hydrogen-bond donors (Lipinski definition) is 1. The van der Waals surface area contributed by atoms with Crippen molar-refractivity contribution in [3.63, 3.8) is 0 Å². The number of pyridine rings is 1. The summed E-state index contributed by atoms with van der Waals surface area (Å²) in [4.78, 5) is 8.91. The van der Waals surface area contributed by atoms with Crippen LogP contribution in [0, 0.1) is 13.8 Å². The van der Waals surface area contributed by atoms with Crippen molar-refractivity contribution in [2.45, 2.75) is 13.8 Å². The van der Waals surface area contributed by atoms with Crippen LogP contribution in [0.1, 0.15) is 11.3 Å². The highest BCUT2D eigenvalue weighted by atomic mass is 79.9. The molecule has 2 N–H and O–H groups in total. The zero-order chi connectivity index (χ0) is 13.6. The molecular weight excluding hydrogens is 304 g/mol. The normalized spacial score (nSPS) is 11.1. The lowest BCUT2D eigenvalue weighted by Crippen LogP contribution is -2.03. The summed E-state index contributed by atoms with van der Waals surface area (Å²) in [6.45, 7) is 4.00. The van der Waals surface area contributed by atoms with Crippen LogP contribution in [0.5, 0.6) is 0 Å². The molecule has 0 saturated carbocycles. The molecule has 5 heteroatoms. The van der Waals surface area contributed by atoms with E-state index in [0.29, 0.717) is 5.95 Å². The van der Waals surface area contributed by atoms with Crippen molar-refractivity contribution >= 4 is 33.0 Å². The molecule has 3 rings (SSSR count). The molecule has 0 fully saturated rings. The highest BCUT2D eigenvalue weighted by Gasteiger charge is 2.13. The quantitative estimate of drug-likeness (QED) is 0.748. The number of halogens is 1. The number of benzene rings is 1. The second kappa shape index (κ2) is 4.35. The van der Waals surface area contributed by atoms with E-state index in [-0.39, 0.29) is 0 Å². The van der Waals surface area contributed by atoms with E-state index in [9.17, 15) is 0 Å². The summed E-state index contributed by atoms with van der Waals surface area (Å²) in [6, 6.07) is 9.94. The van der Waals surface area contributed by atoms with E-state index in [1.165, 1.54) is 0 Å². The maximum atomic E-state index is 6.04. The molecule has 0 amide bonds. The summed E-state index contributed by atoms with van der Waals surface area (Å²) in [5.74, 6) is 0.457. The van der Waals surface area contributed by atoms with Gasteiger partial charge in [-0.25, -0.2) is 9.97 Å². The van der Waals surface area contributed by atoms with Gasteiger partial charge in [-0.05, 0) is 49.7 Å². The number of hydrogen-bond acceptors (Lipinski definition) is 3. The predicted octanol–water partition coefficient (Wildman–Crippen LogP) is 3.38. The van der Waals surface area contributed by atoms with Crippen molar-refractivity contribution in [3.8, 4) is 5.69 Å². The van der Waals surface area contributed by atoms with Crippen molar-refractivity contribution in [3.05, 3.63) is 46.1 Å². The standard InChI is InChI=1S/C14H13BrN4/c1-8-7-10(15)4-6-12(8)19-13-11(18-14(19)16)5-3-9(2)17-13/h3-7H,1-2H3,(H2,16,18). The number of nitrogen functional groups attached to an aromatic ring is 1. The van der Waals surface area contributed by atoms with Crippen molar-refractivity contribution in [2.24, 2.45) is 0 Å². The minimum Gasteiger partial charge on any atom is -0.369 e. The molecule has 4 nitrogen and oxygen atoms in total. The van der Waals surface area contributed by atoms with E-state index >= 15 is 0 Å². The van der Waals surface area contributed by atoms with E-state index in [0.717, 1.165) is 32.6 Å². The molecule has 0 aliphatic rings. The average molecular weight is 317 g/mol. The molecule has 0 radical (unpaired) electrons. The second-order valence-electron chi connectivity index (χ2n) is 4.53. The van der Waals surface area contributed by atoms with Gasteiger partial charge in [0.15, 0.2) is 5.65 Å². The lowest BCUT2D eigenvalue weighted by atomic mass is 10.2. The highest BCUT2D eigenvalue weighted by molar-refractivity contribution is 9.10. The summed E-state index contributed by atoms with van der Waals surface area (Å²) >= 11 is 3.47. The first-order chi connectivity index (χ1) is 9.06. The molecule has 96 valence electrons. The van der Waals surface area contributed by atoms with E-state index in [1.54, 1.807) is 0 Å². The highest BCUT2D eigenvalue weighted by Crippen LogP contribution is 2.26. The van der Waals surface area contributed by atoms with Gasteiger partial charge < -0.3 is 5.73 Å². The molecule has 0 unspecified atom stereocenters. The third-order valence-electron chi connectivity index (χ3n) is 3.07. The molecule has 0 atom stereocenters. The van der Waals surface area contributed by atoms with Crippen LogP contribution < -0.4 is 5.73 Å². The van der Waals surface area contributed by atoms with Crippen LogP contribution >= 0.6 is 15.9 Å². The van der Waals surface area contributed by atoms with E-state index in [2.05, 4.69) is 32.0 Å². The van der Waals surface area contributed by atoms with E-state index < -0.39 is 0 Å². The van der Waals surface area contributed by atoms with Gasteiger partial charge in [0.25, 0.3) is 0 Å². The maximum Gasteiger partial charge on any atom is 0.207 e. The topological polar surface area (TPSA) is 56.7 Å². The van der Waals surface area contributed by atoms with Crippen LogP contribution in [-0.4, -0.2) is 14.5 Å². The molecular formula is C14H13BrN4.